The minimum atomic E-state index is 0.238. The van der Waals surface area contributed by atoms with Gasteiger partial charge in [0, 0.05) is 44.4 Å². The Morgan fingerprint density at radius 3 is 2.56 bits per heavy atom. The van der Waals surface area contributed by atoms with Crippen LogP contribution in [0.3, 0.4) is 0 Å². The first-order chi connectivity index (χ1) is 7.43. The molecule has 1 rings (SSSR count). The van der Waals surface area contributed by atoms with Crippen LogP contribution in [0, 0.1) is 0 Å². The molecular weight excluding hydrogens is 200 g/mol. The van der Waals surface area contributed by atoms with Gasteiger partial charge < -0.3 is 10.1 Å². The van der Waals surface area contributed by atoms with Gasteiger partial charge in [0.15, 0.2) is 0 Å². The van der Waals surface area contributed by atoms with E-state index in [0.29, 0.717) is 5.54 Å². The summed E-state index contributed by atoms with van der Waals surface area (Å²) in [6, 6.07) is 0. The monoisotopic (exact) mass is 228 g/mol. The number of methoxy groups -OCH3 is 1. The normalized spacial score (nSPS) is 30.6. The first-order valence-electron chi connectivity index (χ1n) is 6.42. The summed E-state index contributed by atoms with van der Waals surface area (Å²) in [5, 5.41) is 3.65. The zero-order valence-corrected chi connectivity index (χ0v) is 11.6. The first-order valence-corrected chi connectivity index (χ1v) is 6.42. The van der Waals surface area contributed by atoms with Gasteiger partial charge in [0.25, 0.3) is 0 Å². The van der Waals surface area contributed by atoms with E-state index >= 15 is 0 Å². The average Bonchev–Trinajstić information content (AvgIpc) is 2.24. The Kier molecular flexibility index (Phi) is 4.77. The molecule has 0 aliphatic carbocycles. The Morgan fingerprint density at radius 2 is 2.00 bits per heavy atom. The third-order valence-corrected chi connectivity index (χ3v) is 3.84. The number of piperazine rings is 1. The molecule has 0 spiro atoms. The van der Waals surface area contributed by atoms with Gasteiger partial charge in [-0.3, -0.25) is 4.90 Å². The second-order valence-corrected chi connectivity index (χ2v) is 5.86. The summed E-state index contributed by atoms with van der Waals surface area (Å²) < 4.78 is 5.14. The van der Waals surface area contributed by atoms with E-state index in [2.05, 4.69) is 37.9 Å². The van der Waals surface area contributed by atoms with E-state index in [0.717, 1.165) is 32.7 Å². The van der Waals surface area contributed by atoms with E-state index in [9.17, 15) is 0 Å². The van der Waals surface area contributed by atoms with Crippen LogP contribution in [0.2, 0.25) is 0 Å². The summed E-state index contributed by atoms with van der Waals surface area (Å²) in [6.07, 6.45) is 2.32. The molecule has 1 aliphatic heterocycles. The summed E-state index contributed by atoms with van der Waals surface area (Å²) in [5.41, 5.74) is 0.547. The highest BCUT2D eigenvalue weighted by Crippen LogP contribution is 2.26. The number of hydrogen-bond donors (Lipinski definition) is 1. The number of rotatable bonds is 5. The molecule has 0 bridgehead atoms. The highest BCUT2D eigenvalue weighted by Gasteiger charge is 2.38. The topological polar surface area (TPSA) is 24.5 Å². The molecule has 1 fully saturated rings. The molecule has 96 valence electrons. The molecule has 0 radical (unpaired) electrons. The largest absolute Gasteiger partial charge is 0.385 e. The number of hydrogen-bond acceptors (Lipinski definition) is 3. The van der Waals surface area contributed by atoms with Crippen molar-refractivity contribution < 1.29 is 4.74 Å². The molecule has 0 aromatic rings. The van der Waals surface area contributed by atoms with E-state index in [-0.39, 0.29) is 5.54 Å². The zero-order chi connectivity index (χ0) is 12.2. The van der Waals surface area contributed by atoms with Gasteiger partial charge in [0.1, 0.15) is 0 Å². The lowest BCUT2D eigenvalue weighted by Crippen LogP contribution is -2.67. The molecule has 1 unspecified atom stereocenters. The second kappa shape index (κ2) is 5.48. The zero-order valence-electron chi connectivity index (χ0n) is 11.6. The maximum absolute atomic E-state index is 5.14. The third kappa shape index (κ3) is 3.44. The fourth-order valence-electron chi connectivity index (χ4n) is 2.36. The third-order valence-electron chi connectivity index (χ3n) is 3.84. The molecule has 1 heterocycles. The van der Waals surface area contributed by atoms with Gasteiger partial charge in [0.2, 0.25) is 0 Å². The minimum absolute atomic E-state index is 0.238. The molecule has 0 saturated carbocycles. The van der Waals surface area contributed by atoms with Crippen LogP contribution >= 0.6 is 0 Å². The molecule has 1 N–H and O–H groups in total. The standard InChI is InChI=1S/C13H28N2O/c1-6-13(4)10-14-12(2,3)11-15(13)8-7-9-16-5/h14H,6-11H2,1-5H3. The first kappa shape index (κ1) is 13.9. The van der Waals surface area contributed by atoms with Crippen LogP contribution in [0.15, 0.2) is 0 Å². The van der Waals surface area contributed by atoms with Gasteiger partial charge >= 0.3 is 0 Å². The highest BCUT2D eigenvalue weighted by atomic mass is 16.5. The maximum atomic E-state index is 5.14. The lowest BCUT2D eigenvalue weighted by molar-refractivity contribution is 0.0183. The molecule has 0 amide bonds. The van der Waals surface area contributed by atoms with Crippen molar-refractivity contribution in [2.24, 2.45) is 0 Å². The van der Waals surface area contributed by atoms with Crippen molar-refractivity contribution in [1.29, 1.82) is 0 Å². The van der Waals surface area contributed by atoms with Gasteiger partial charge in [-0.05, 0) is 33.6 Å². The van der Waals surface area contributed by atoms with E-state index < -0.39 is 0 Å². The van der Waals surface area contributed by atoms with Crippen LogP contribution in [0.1, 0.15) is 40.5 Å². The van der Waals surface area contributed by atoms with Crippen LogP contribution in [0.5, 0.6) is 0 Å². The second-order valence-electron chi connectivity index (χ2n) is 5.86. The van der Waals surface area contributed by atoms with Gasteiger partial charge in [-0.15, -0.1) is 0 Å². The number of nitrogens with one attached hydrogen (secondary N) is 1. The molecule has 1 aliphatic rings. The summed E-state index contributed by atoms with van der Waals surface area (Å²) >= 11 is 0. The highest BCUT2D eigenvalue weighted by molar-refractivity contribution is 4.99. The Bertz CT molecular complexity index is 218. The predicted molar refractivity (Wildman–Crippen MR) is 68.8 cm³/mol. The summed E-state index contributed by atoms with van der Waals surface area (Å²) in [7, 11) is 1.78. The number of nitrogens with zero attached hydrogens (tertiary/aromatic N) is 1. The summed E-state index contributed by atoms with van der Waals surface area (Å²) in [6.45, 7) is 13.4. The number of ether oxygens (including phenoxy) is 1. The summed E-state index contributed by atoms with van der Waals surface area (Å²) in [4.78, 5) is 2.63. The van der Waals surface area contributed by atoms with Crippen molar-refractivity contribution in [3.05, 3.63) is 0 Å². The minimum Gasteiger partial charge on any atom is -0.385 e. The quantitative estimate of drug-likeness (QED) is 0.727. The lowest BCUT2D eigenvalue weighted by Gasteiger charge is -2.51. The lowest BCUT2D eigenvalue weighted by atomic mass is 9.88. The molecule has 0 aromatic heterocycles. The van der Waals surface area contributed by atoms with Crippen molar-refractivity contribution in [3.8, 4) is 0 Å². The van der Waals surface area contributed by atoms with E-state index in [1.807, 2.05) is 0 Å². The Morgan fingerprint density at radius 1 is 1.31 bits per heavy atom. The van der Waals surface area contributed by atoms with Gasteiger partial charge in [-0.2, -0.15) is 0 Å². The Balaban J connectivity index is 2.58. The molecule has 0 aromatic carbocycles. The van der Waals surface area contributed by atoms with Crippen LogP contribution in [0.4, 0.5) is 0 Å². The molecule has 3 nitrogen and oxygen atoms in total. The van der Waals surface area contributed by atoms with Gasteiger partial charge in [-0.25, -0.2) is 0 Å². The van der Waals surface area contributed by atoms with E-state index in [1.165, 1.54) is 6.42 Å². The van der Waals surface area contributed by atoms with E-state index in [4.69, 9.17) is 4.74 Å². The smallest absolute Gasteiger partial charge is 0.0474 e. The fraction of sp³-hybridized carbons (Fsp3) is 1.00. The van der Waals surface area contributed by atoms with Crippen molar-refractivity contribution in [1.82, 2.24) is 10.2 Å². The molecule has 16 heavy (non-hydrogen) atoms. The van der Waals surface area contributed by atoms with Crippen LogP contribution in [-0.2, 0) is 4.74 Å². The van der Waals surface area contributed by atoms with Crippen LogP contribution < -0.4 is 5.32 Å². The molecule has 3 heteroatoms. The van der Waals surface area contributed by atoms with Gasteiger partial charge in [-0.1, -0.05) is 6.92 Å². The maximum Gasteiger partial charge on any atom is 0.0474 e. The van der Waals surface area contributed by atoms with Crippen LogP contribution in [-0.4, -0.2) is 49.3 Å². The molecular formula is C13H28N2O. The van der Waals surface area contributed by atoms with Crippen molar-refractivity contribution in [2.45, 2.75) is 51.6 Å². The van der Waals surface area contributed by atoms with Crippen molar-refractivity contribution in [2.75, 3.05) is 33.4 Å². The average molecular weight is 228 g/mol. The van der Waals surface area contributed by atoms with Gasteiger partial charge in [0.05, 0.1) is 0 Å². The van der Waals surface area contributed by atoms with E-state index in [1.54, 1.807) is 7.11 Å². The van der Waals surface area contributed by atoms with Crippen molar-refractivity contribution in [3.63, 3.8) is 0 Å². The van der Waals surface area contributed by atoms with Crippen LogP contribution in [0.25, 0.3) is 0 Å². The summed E-state index contributed by atoms with van der Waals surface area (Å²) in [5.74, 6) is 0. The Labute approximate surface area is 101 Å². The Hall–Kier alpha value is -0.120. The SMILES string of the molecule is CCC1(C)CNC(C)(C)CN1CCCOC. The fourth-order valence-corrected chi connectivity index (χ4v) is 2.36. The predicted octanol–water partition coefficient (Wildman–Crippen LogP) is 1.88. The molecule has 1 atom stereocenters. The molecule has 1 saturated heterocycles. The van der Waals surface area contributed by atoms with Crippen molar-refractivity contribution >= 4 is 0 Å².